The standard InChI is InChI=1S/C60H43NO/c1-3-41(4-2)43-31-35-47(36-32-43)61(48-37-33-44(34-38-48)42-19-8-5-9-20-42)55-40-39-50(52-28-18-27-51-49-25-15-17-30-56(49)62-59(51)52)58-57(55)53-26-14-16-29-54(53)60(58,45-21-10-6-11-22-45)46-23-12-7-13-24-46/h3-40H,1H2,2H3/b41-4+. The van der Waals surface area contributed by atoms with Crippen LogP contribution in [0.5, 0.6) is 0 Å². The molecule has 294 valence electrons. The highest BCUT2D eigenvalue weighted by molar-refractivity contribution is 6.11. The molecular formula is C60H43NO. The predicted molar refractivity (Wildman–Crippen MR) is 260 cm³/mol. The molecule has 0 atom stereocenters. The van der Waals surface area contributed by atoms with Crippen molar-refractivity contribution in [2.24, 2.45) is 0 Å². The zero-order valence-corrected chi connectivity index (χ0v) is 34.5. The average molecular weight is 794 g/mol. The molecule has 0 saturated carbocycles. The van der Waals surface area contributed by atoms with Crippen LogP contribution < -0.4 is 4.90 Å². The van der Waals surface area contributed by atoms with E-state index in [0.29, 0.717) is 0 Å². The number of para-hydroxylation sites is 2. The van der Waals surface area contributed by atoms with Crippen LogP contribution >= 0.6 is 0 Å². The Bertz CT molecular complexity index is 3250. The number of rotatable bonds is 9. The van der Waals surface area contributed by atoms with Crippen LogP contribution in [0.15, 0.2) is 242 Å². The number of anilines is 3. The second-order valence-electron chi connectivity index (χ2n) is 15.9. The van der Waals surface area contributed by atoms with Crippen molar-refractivity contribution >= 4 is 44.6 Å². The van der Waals surface area contributed by atoms with Gasteiger partial charge in [0, 0.05) is 33.3 Å². The summed E-state index contributed by atoms with van der Waals surface area (Å²) in [4.78, 5) is 2.44. The molecule has 0 saturated heterocycles. The van der Waals surface area contributed by atoms with Crippen LogP contribution in [0.2, 0.25) is 0 Å². The molecule has 9 aromatic carbocycles. The van der Waals surface area contributed by atoms with Crippen molar-refractivity contribution in [2.75, 3.05) is 4.90 Å². The molecular weight excluding hydrogens is 751 g/mol. The van der Waals surface area contributed by atoms with Gasteiger partial charge in [0.2, 0.25) is 0 Å². The van der Waals surface area contributed by atoms with Gasteiger partial charge < -0.3 is 9.32 Å². The molecule has 1 aromatic heterocycles. The summed E-state index contributed by atoms with van der Waals surface area (Å²) < 4.78 is 6.85. The van der Waals surface area contributed by atoms with E-state index in [1.54, 1.807) is 0 Å². The summed E-state index contributed by atoms with van der Waals surface area (Å²) in [7, 11) is 0. The van der Waals surface area contributed by atoms with Crippen LogP contribution in [0.25, 0.3) is 60.9 Å². The molecule has 0 N–H and O–H groups in total. The van der Waals surface area contributed by atoms with Crippen LogP contribution in [0.1, 0.15) is 34.7 Å². The summed E-state index contributed by atoms with van der Waals surface area (Å²) in [5.74, 6) is 0. The first-order chi connectivity index (χ1) is 30.7. The van der Waals surface area contributed by atoms with Crippen molar-refractivity contribution in [1.82, 2.24) is 0 Å². The lowest BCUT2D eigenvalue weighted by Gasteiger charge is -2.36. The zero-order valence-electron chi connectivity index (χ0n) is 34.5. The molecule has 0 radical (unpaired) electrons. The number of benzene rings is 9. The lowest BCUT2D eigenvalue weighted by Crippen LogP contribution is -2.29. The highest BCUT2D eigenvalue weighted by Gasteiger charge is 2.49. The molecule has 2 heteroatoms. The number of fused-ring (bicyclic) bond motifs is 6. The summed E-state index contributed by atoms with van der Waals surface area (Å²) in [6.07, 6.45) is 4.03. The Balaban J connectivity index is 1.26. The lowest BCUT2D eigenvalue weighted by molar-refractivity contribution is 0.669. The van der Waals surface area contributed by atoms with Crippen LogP contribution in [-0.4, -0.2) is 0 Å². The molecule has 2 nitrogen and oxygen atoms in total. The maximum Gasteiger partial charge on any atom is 0.143 e. The Morgan fingerprint density at radius 2 is 1.06 bits per heavy atom. The fourth-order valence-electron chi connectivity index (χ4n) is 10.00. The molecule has 0 aliphatic heterocycles. The monoisotopic (exact) mass is 793 g/mol. The van der Waals surface area contributed by atoms with Gasteiger partial charge in [-0.25, -0.2) is 0 Å². The number of allylic oxidation sites excluding steroid dienone is 3. The van der Waals surface area contributed by atoms with Crippen molar-refractivity contribution in [3.63, 3.8) is 0 Å². The third-order valence-corrected chi connectivity index (χ3v) is 12.7. The molecule has 0 spiro atoms. The minimum absolute atomic E-state index is 0.675. The lowest BCUT2D eigenvalue weighted by atomic mass is 9.66. The van der Waals surface area contributed by atoms with Crippen LogP contribution in [0, 0.1) is 0 Å². The quantitative estimate of drug-likeness (QED) is 0.135. The van der Waals surface area contributed by atoms with Gasteiger partial charge in [-0.05, 0) is 99.0 Å². The van der Waals surface area contributed by atoms with Gasteiger partial charge in [0.05, 0.1) is 11.1 Å². The molecule has 0 fully saturated rings. The topological polar surface area (TPSA) is 16.4 Å². The van der Waals surface area contributed by atoms with Crippen molar-refractivity contribution in [1.29, 1.82) is 0 Å². The van der Waals surface area contributed by atoms with E-state index in [1.165, 1.54) is 44.5 Å². The fourth-order valence-corrected chi connectivity index (χ4v) is 10.00. The molecule has 11 rings (SSSR count). The second kappa shape index (κ2) is 15.3. The van der Waals surface area contributed by atoms with Crippen LogP contribution in [0.4, 0.5) is 17.1 Å². The van der Waals surface area contributed by atoms with Crippen molar-refractivity contribution < 1.29 is 4.42 Å². The Labute approximate surface area is 363 Å². The fraction of sp³-hybridized carbons (Fsp3) is 0.0333. The van der Waals surface area contributed by atoms with E-state index in [2.05, 4.69) is 237 Å². The number of hydrogen-bond donors (Lipinski definition) is 0. The molecule has 0 bridgehead atoms. The number of furan rings is 1. The Hall–Kier alpha value is -7.94. The van der Waals surface area contributed by atoms with E-state index >= 15 is 0 Å². The molecule has 1 aliphatic carbocycles. The summed E-state index contributed by atoms with van der Waals surface area (Å²) in [5, 5.41) is 2.22. The van der Waals surface area contributed by atoms with Gasteiger partial charge in [-0.2, -0.15) is 0 Å². The van der Waals surface area contributed by atoms with Crippen LogP contribution in [0.3, 0.4) is 0 Å². The first-order valence-electron chi connectivity index (χ1n) is 21.3. The Morgan fingerprint density at radius 1 is 0.500 bits per heavy atom. The number of nitrogens with zero attached hydrogens (tertiary/aromatic N) is 1. The minimum Gasteiger partial charge on any atom is -0.455 e. The maximum absolute atomic E-state index is 6.85. The molecule has 1 aliphatic rings. The molecule has 0 amide bonds. The van der Waals surface area contributed by atoms with E-state index in [0.717, 1.165) is 61.3 Å². The maximum atomic E-state index is 6.85. The van der Waals surface area contributed by atoms with Crippen molar-refractivity contribution in [3.05, 3.63) is 265 Å². The third kappa shape index (κ3) is 5.79. The SMILES string of the molecule is C=C/C(=C\C)c1ccc(N(c2ccc(-c3ccccc3)cc2)c2ccc(-c3cccc4c3oc3ccccc34)c3c2-c2ccccc2C3(c2ccccc2)c2ccccc2)cc1. The summed E-state index contributed by atoms with van der Waals surface area (Å²) in [6.45, 7) is 6.16. The van der Waals surface area contributed by atoms with E-state index in [9.17, 15) is 0 Å². The van der Waals surface area contributed by atoms with Gasteiger partial charge in [-0.15, -0.1) is 0 Å². The van der Waals surface area contributed by atoms with E-state index < -0.39 is 5.41 Å². The van der Waals surface area contributed by atoms with Crippen molar-refractivity contribution in [3.8, 4) is 33.4 Å². The summed E-state index contributed by atoms with van der Waals surface area (Å²) in [6, 6.07) is 79.3. The second-order valence-corrected chi connectivity index (χ2v) is 15.9. The molecule has 62 heavy (non-hydrogen) atoms. The van der Waals surface area contributed by atoms with Gasteiger partial charge in [0.15, 0.2) is 0 Å². The normalized spacial score (nSPS) is 12.9. The smallest absolute Gasteiger partial charge is 0.143 e. The number of hydrogen-bond acceptors (Lipinski definition) is 2. The van der Waals surface area contributed by atoms with Gasteiger partial charge in [-0.3, -0.25) is 0 Å². The largest absolute Gasteiger partial charge is 0.455 e. The first kappa shape index (κ1) is 37.1. The van der Waals surface area contributed by atoms with Gasteiger partial charge in [0.1, 0.15) is 11.2 Å². The summed E-state index contributed by atoms with van der Waals surface area (Å²) >= 11 is 0. The Kier molecular flexibility index (Phi) is 9.13. The van der Waals surface area contributed by atoms with E-state index in [-0.39, 0.29) is 0 Å². The van der Waals surface area contributed by atoms with Gasteiger partial charge in [0.25, 0.3) is 0 Å². The van der Waals surface area contributed by atoms with Gasteiger partial charge in [-0.1, -0.05) is 201 Å². The van der Waals surface area contributed by atoms with E-state index in [4.69, 9.17) is 4.42 Å². The summed E-state index contributed by atoms with van der Waals surface area (Å²) in [5.41, 5.74) is 18.4. The highest BCUT2D eigenvalue weighted by Crippen LogP contribution is 2.62. The third-order valence-electron chi connectivity index (χ3n) is 12.7. The van der Waals surface area contributed by atoms with E-state index in [1.807, 2.05) is 12.1 Å². The molecule has 1 heterocycles. The average Bonchev–Trinajstić information content (AvgIpc) is 3.89. The minimum atomic E-state index is -0.675. The highest BCUT2D eigenvalue weighted by atomic mass is 16.3. The zero-order chi connectivity index (χ0) is 41.6. The first-order valence-corrected chi connectivity index (χ1v) is 21.3. The van der Waals surface area contributed by atoms with Crippen molar-refractivity contribution in [2.45, 2.75) is 12.3 Å². The van der Waals surface area contributed by atoms with Crippen LogP contribution in [-0.2, 0) is 5.41 Å². The predicted octanol–water partition coefficient (Wildman–Crippen LogP) is 16.3. The van der Waals surface area contributed by atoms with Gasteiger partial charge >= 0.3 is 0 Å². The molecule has 10 aromatic rings. The Morgan fingerprint density at radius 3 is 1.74 bits per heavy atom. The molecule has 0 unspecified atom stereocenters.